The van der Waals surface area contributed by atoms with Gasteiger partial charge in [-0.25, -0.2) is 26.9 Å². The van der Waals surface area contributed by atoms with Crippen LogP contribution in [0.15, 0.2) is 50.5 Å². The Hall–Kier alpha value is -2.68. The molecule has 0 amide bonds. The van der Waals surface area contributed by atoms with Crippen molar-refractivity contribution in [3.05, 3.63) is 61.9 Å². The Bertz CT molecular complexity index is 1510. The highest BCUT2D eigenvalue weighted by Gasteiger charge is 2.53. The number of ether oxygens (including phenoxy) is 1. The van der Waals surface area contributed by atoms with Crippen molar-refractivity contribution in [2.45, 2.75) is 50.8 Å². The second kappa shape index (κ2) is 11.5. The predicted octanol–water partition coefficient (Wildman–Crippen LogP) is 4.25. The molecule has 14 heteroatoms. The molecule has 0 bridgehead atoms. The molecule has 1 saturated heterocycles. The number of carbonyl (C=O) groups excluding carboxylic acids is 1. The van der Waals surface area contributed by atoms with E-state index in [2.05, 4.69) is 26.2 Å². The van der Waals surface area contributed by atoms with Crippen LogP contribution in [0.2, 0.25) is 0 Å². The zero-order valence-corrected chi connectivity index (χ0v) is 25.7. The second-order valence-electron chi connectivity index (χ2n) is 10.7. The maximum Gasteiger partial charge on any atom is 0.338 e. The fourth-order valence-electron chi connectivity index (χ4n) is 5.66. The van der Waals surface area contributed by atoms with Crippen LogP contribution in [-0.4, -0.2) is 65.5 Å². The topological polar surface area (TPSA) is 138 Å². The quantitative estimate of drug-likeness (QED) is 0.398. The van der Waals surface area contributed by atoms with E-state index in [-0.39, 0.29) is 44.0 Å². The van der Waals surface area contributed by atoms with Gasteiger partial charge in [0.05, 0.1) is 22.8 Å². The molecule has 0 spiro atoms. The monoisotopic (exact) mass is 668 g/mol. The number of nitrogens with zero attached hydrogens (tertiary/aromatic N) is 3. The zero-order chi connectivity index (χ0) is 29.5. The van der Waals surface area contributed by atoms with Crippen LogP contribution in [0.4, 0.5) is 4.39 Å². The molecule has 220 valence electrons. The summed E-state index contributed by atoms with van der Waals surface area (Å²) in [6, 6.07) is 3.39. The number of thiazole rings is 1. The van der Waals surface area contributed by atoms with Crippen LogP contribution in [0.1, 0.15) is 56.1 Å². The molecule has 0 radical (unpaired) electrons. The minimum Gasteiger partial charge on any atom is -0.481 e. The molecule has 41 heavy (non-hydrogen) atoms. The van der Waals surface area contributed by atoms with Gasteiger partial charge in [0.2, 0.25) is 10.0 Å². The number of sulfonamides is 1. The van der Waals surface area contributed by atoms with Crippen molar-refractivity contribution in [3.63, 3.8) is 0 Å². The van der Waals surface area contributed by atoms with Gasteiger partial charge in [0.25, 0.3) is 0 Å². The molecule has 5 rings (SSSR count). The van der Waals surface area contributed by atoms with Gasteiger partial charge < -0.3 is 15.2 Å². The maximum atomic E-state index is 14.0. The number of piperidine rings is 1. The molecule has 3 heterocycles. The van der Waals surface area contributed by atoms with Crippen molar-refractivity contribution >= 4 is 55.1 Å². The van der Waals surface area contributed by atoms with Crippen molar-refractivity contribution in [2.75, 3.05) is 19.7 Å². The molecule has 1 aromatic heterocycles. The Kier molecular flexibility index (Phi) is 8.39. The highest BCUT2D eigenvalue weighted by molar-refractivity contribution is 9.10. The van der Waals surface area contributed by atoms with Gasteiger partial charge in [-0.3, -0.25) is 9.79 Å². The van der Waals surface area contributed by atoms with Crippen molar-refractivity contribution in [1.29, 1.82) is 0 Å². The van der Waals surface area contributed by atoms with Crippen molar-refractivity contribution in [1.82, 2.24) is 14.6 Å². The standard InChI is InChI=1S/C27H30BrFN4O6S2/c1-3-39-25(34)20-21(15-6-9-33(10-7-15)41(37,38)17-13-27(2,14-17)26(35)36)31-23(24-30-8-11-40-24)32-22(20)18-5-4-16(29)12-19(18)28/h4-5,8,11-12,15,17,22H,3,6-7,9-10,13-14H2,1-2H3,(H,31,32)(H,35,36)/t17-,22?,27+. The minimum absolute atomic E-state index is 0.0895. The number of aliphatic imine (C=N–C) groups is 1. The number of aliphatic carboxylic acids is 1. The van der Waals surface area contributed by atoms with E-state index in [0.717, 1.165) is 0 Å². The lowest BCUT2D eigenvalue weighted by Crippen LogP contribution is -2.54. The number of benzene rings is 1. The highest BCUT2D eigenvalue weighted by atomic mass is 79.9. The molecular formula is C27H30BrFN4O6S2. The number of hydrogen-bond donors (Lipinski definition) is 2. The fourth-order valence-corrected chi connectivity index (χ4v) is 9.11. The summed E-state index contributed by atoms with van der Waals surface area (Å²) in [6.45, 7) is 3.87. The Labute approximate surface area is 249 Å². The lowest BCUT2D eigenvalue weighted by Gasteiger charge is -2.44. The van der Waals surface area contributed by atoms with Crippen molar-refractivity contribution < 1.29 is 32.2 Å². The van der Waals surface area contributed by atoms with Crippen molar-refractivity contribution in [3.8, 4) is 0 Å². The highest BCUT2D eigenvalue weighted by Crippen LogP contribution is 2.46. The number of carbonyl (C=O) groups is 2. The molecule has 1 atom stereocenters. The minimum atomic E-state index is -3.66. The molecular weight excluding hydrogens is 639 g/mol. The van der Waals surface area contributed by atoms with Crippen LogP contribution >= 0.6 is 27.3 Å². The zero-order valence-electron chi connectivity index (χ0n) is 22.5. The number of carboxylic acid groups (broad SMARTS) is 1. The summed E-state index contributed by atoms with van der Waals surface area (Å²) in [5, 5.41) is 14.4. The SMILES string of the molecule is CCOC(=O)C1=C(C2CCN(S(=O)(=O)[C@H]3C[C@@](C)(C(=O)O)C3)CC2)NC(c2nccs2)=NC1c1ccc(F)cc1Br. The third kappa shape index (κ3) is 5.71. The summed E-state index contributed by atoms with van der Waals surface area (Å²) in [5.41, 5.74) is 0.436. The van der Waals surface area contributed by atoms with E-state index < -0.39 is 44.5 Å². The van der Waals surface area contributed by atoms with E-state index >= 15 is 0 Å². The van der Waals surface area contributed by atoms with E-state index in [1.165, 1.54) is 27.8 Å². The molecule has 1 aromatic carbocycles. The number of halogens is 2. The van der Waals surface area contributed by atoms with E-state index in [4.69, 9.17) is 9.73 Å². The first-order chi connectivity index (χ1) is 19.4. The molecule has 3 aliphatic rings. The number of esters is 1. The predicted molar refractivity (Wildman–Crippen MR) is 154 cm³/mol. The molecule has 2 N–H and O–H groups in total. The summed E-state index contributed by atoms with van der Waals surface area (Å²) >= 11 is 4.80. The van der Waals surface area contributed by atoms with Crippen LogP contribution < -0.4 is 5.32 Å². The normalized spacial score (nSPS) is 25.7. The first-order valence-electron chi connectivity index (χ1n) is 13.3. The van der Waals surface area contributed by atoms with Gasteiger partial charge in [0.15, 0.2) is 10.8 Å². The van der Waals surface area contributed by atoms with Gasteiger partial charge in [-0.1, -0.05) is 22.0 Å². The van der Waals surface area contributed by atoms with Crippen LogP contribution in [0.5, 0.6) is 0 Å². The van der Waals surface area contributed by atoms with Gasteiger partial charge in [0, 0.05) is 40.8 Å². The Morgan fingerprint density at radius 2 is 2.00 bits per heavy atom. The van der Waals surface area contributed by atoms with Gasteiger partial charge in [-0.05, 0) is 57.2 Å². The third-order valence-corrected chi connectivity index (χ3v) is 11.7. The molecule has 2 aliphatic heterocycles. The number of rotatable bonds is 8. The fraction of sp³-hybridized carbons (Fsp3) is 0.481. The number of nitrogens with one attached hydrogen (secondary N) is 1. The summed E-state index contributed by atoms with van der Waals surface area (Å²) < 4.78 is 47.9. The Morgan fingerprint density at radius 3 is 2.59 bits per heavy atom. The van der Waals surface area contributed by atoms with E-state index in [0.29, 0.717) is 39.4 Å². The Balaban J connectivity index is 1.46. The maximum absolute atomic E-state index is 14.0. The lowest BCUT2D eigenvalue weighted by atomic mass is 9.70. The van der Waals surface area contributed by atoms with Crippen LogP contribution in [0.3, 0.4) is 0 Å². The number of hydrogen-bond acceptors (Lipinski definition) is 9. The van der Waals surface area contributed by atoms with E-state index in [1.54, 1.807) is 26.1 Å². The summed E-state index contributed by atoms with van der Waals surface area (Å²) in [4.78, 5) is 34.1. The molecule has 2 fully saturated rings. The average Bonchev–Trinajstić information content (AvgIpc) is 3.46. The van der Waals surface area contributed by atoms with Crippen LogP contribution in [0.25, 0.3) is 0 Å². The smallest absolute Gasteiger partial charge is 0.338 e. The van der Waals surface area contributed by atoms with Gasteiger partial charge >= 0.3 is 11.9 Å². The number of aromatic nitrogens is 1. The average molecular weight is 670 g/mol. The molecule has 1 saturated carbocycles. The first kappa shape index (κ1) is 29.8. The molecule has 10 nitrogen and oxygen atoms in total. The summed E-state index contributed by atoms with van der Waals surface area (Å²) in [7, 11) is -3.66. The van der Waals surface area contributed by atoms with Gasteiger partial charge in [0.1, 0.15) is 11.9 Å². The molecule has 2 aromatic rings. The summed E-state index contributed by atoms with van der Waals surface area (Å²) in [6.07, 6.45) is 2.68. The lowest BCUT2D eigenvalue weighted by molar-refractivity contribution is -0.152. The van der Waals surface area contributed by atoms with Crippen LogP contribution in [0, 0.1) is 17.2 Å². The third-order valence-electron chi connectivity index (χ3n) is 7.98. The van der Waals surface area contributed by atoms with E-state index in [9.17, 15) is 27.5 Å². The number of allylic oxidation sites excluding steroid dienone is 1. The second-order valence-corrected chi connectivity index (χ2v) is 14.6. The molecule has 1 aliphatic carbocycles. The largest absolute Gasteiger partial charge is 0.481 e. The Morgan fingerprint density at radius 1 is 1.29 bits per heavy atom. The summed E-state index contributed by atoms with van der Waals surface area (Å²) in [5.74, 6) is -1.75. The first-order valence-corrected chi connectivity index (χ1v) is 16.5. The van der Waals surface area contributed by atoms with Gasteiger partial charge in [-0.15, -0.1) is 11.3 Å². The van der Waals surface area contributed by atoms with Crippen LogP contribution in [-0.2, 0) is 24.3 Å². The van der Waals surface area contributed by atoms with Gasteiger partial charge in [-0.2, -0.15) is 0 Å². The number of amidine groups is 1. The van der Waals surface area contributed by atoms with E-state index in [1.807, 2.05) is 5.38 Å². The number of carboxylic acids is 1. The van der Waals surface area contributed by atoms with Crippen molar-refractivity contribution in [2.24, 2.45) is 16.3 Å². The molecule has 1 unspecified atom stereocenters.